The predicted molar refractivity (Wildman–Crippen MR) is 83.9 cm³/mol. The molecule has 1 aromatic carbocycles. The highest BCUT2D eigenvalue weighted by molar-refractivity contribution is 5.89. The van der Waals surface area contributed by atoms with Crippen LogP contribution in [-0.2, 0) is 9.53 Å². The minimum absolute atomic E-state index is 0.224. The van der Waals surface area contributed by atoms with Crippen molar-refractivity contribution in [3.63, 3.8) is 0 Å². The zero-order valence-electron chi connectivity index (χ0n) is 13.1. The molecule has 2 aliphatic rings. The summed E-state index contributed by atoms with van der Waals surface area (Å²) in [6.07, 6.45) is 2.11. The highest BCUT2D eigenvalue weighted by Crippen LogP contribution is 2.32. The van der Waals surface area contributed by atoms with Gasteiger partial charge < -0.3 is 14.5 Å². The third kappa shape index (κ3) is 2.93. The van der Waals surface area contributed by atoms with Crippen molar-refractivity contribution in [3.8, 4) is 0 Å². The van der Waals surface area contributed by atoms with Crippen LogP contribution in [0.5, 0.6) is 0 Å². The lowest BCUT2D eigenvalue weighted by Gasteiger charge is -2.41. The normalized spacial score (nSPS) is 21.6. The van der Waals surface area contributed by atoms with Crippen LogP contribution in [0.4, 0.5) is 5.69 Å². The van der Waals surface area contributed by atoms with Gasteiger partial charge in [-0.3, -0.25) is 4.79 Å². The molecule has 0 spiro atoms. The largest absolute Gasteiger partial charge is 0.465 e. The maximum Gasteiger partial charge on any atom is 0.337 e. The van der Waals surface area contributed by atoms with E-state index >= 15 is 0 Å². The Labute approximate surface area is 130 Å². The molecule has 1 atom stereocenters. The monoisotopic (exact) mass is 302 g/mol. The second kappa shape index (κ2) is 5.99. The Morgan fingerprint density at radius 1 is 1.14 bits per heavy atom. The highest BCUT2D eigenvalue weighted by Gasteiger charge is 2.37. The Balaban J connectivity index is 1.64. The molecule has 0 bridgehead atoms. The molecule has 5 heteroatoms. The molecule has 0 unspecified atom stereocenters. The average molecular weight is 302 g/mol. The summed E-state index contributed by atoms with van der Waals surface area (Å²) < 4.78 is 4.71. The van der Waals surface area contributed by atoms with Crippen molar-refractivity contribution in [2.24, 2.45) is 5.92 Å². The maximum atomic E-state index is 12.2. The van der Waals surface area contributed by atoms with Gasteiger partial charge in [0.2, 0.25) is 5.91 Å². The molecule has 0 aromatic heterocycles. The molecule has 1 saturated heterocycles. The van der Waals surface area contributed by atoms with Crippen molar-refractivity contribution in [2.45, 2.75) is 25.8 Å². The van der Waals surface area contributed by atoms with Crippen molar-refractivity contribution in [1.29, 1.82) is 0 Å². The van der Waals surface area contributed by atoms with E-state index in [4.69, 9.17) is 4.74 Å². The van der Waals surface area contributed by atoms with E-state index in [9.17, 15) is 9.59 Å². The van der Waals surface area contributed by atoms with E-state index in [0.717, 1.165) is 38.2 Å². The van der Waals surface area contributed by atoms with Gasteiger partial charge in [0.1, 0.15) is 0 Å². The van der Waals surface area contributed by atoms with Gasteiger partial charge in [-0.05, 0) is 44.0 Å². The van der Waals surface area contributed by atoms with E-state index in [-0.39, 0.29) is 17.9 Å². The minimum atomic E-state index is -0.320. The number of anilines is 1. The Bertz CT molecular complexity index is 566. The number of hydrogen-bond acceptors (Lipinski definition) is 4. The smallest absolute Gasteiger partial charge is 0.337 e. The zero-order valence-corrected chi connectivity index (χ0v) is 13.1. The molecule has 1 aliphatic carbocycles. The lowest BCUT2D eigenvalue weighted by molar-refractivity contribution is -0.134. The lowest BCUT2D eigenvalue weighted by Crippen LogP contribution is -2.54. The van der Waals surface area contributed by atoms with Gasteiger partial charge in [-0.2, -0.15) is 0 Å². The van der Waals surface area contributed by atoms with Gasteiger partial charge in [0.05, 0.1) is 12.7 Å². The summed E-state index contributed by atoms with van der Waals surface area (Å²) in [5.41, 5.74) is 1.64. The number of methoxy groups -OCH3 is 1. The average Bonchev–Trinajstić information content (AvgIpc) is 3.38. The van der Waals surface area contributed by atoms with Crippen molar-refractivity contribution in [3.05, 3.63) is 29.8 Å². The molecule has 5 nitrogen and oxygen atoms in total. The molecule has 1 saturated carbocycles. The van der Waals surface area contributed by atoms with E-state index in [1.54, 1.807) is 12.1 Å². The van der Waals surface area contributed by atoms with Gasteiger partial charge in [0.25, 0.3) is 0 Å². The third-order valence-electron chi connectivity index (χ3n) is 4.49. The van der Waals surface area contributed by atoms with Crippen LogP contribution in [-0.4, -0.2) is 49.6 Å². The Morgan fingerprint density at radius 3 is 2.36 bits per heavy atom. The number of amides is 1. The number of benzene rings is 1. The van der Waals surface area contributed by atoms with Crippen LogP contribution in [0.3, 0.4) is 0 Å². The maximum absolute atomic E-state index is 12.2. The number of ether oxygens (including phenoxy) is 1. The first-order chi connectivity index (χ1) is 10.6. The number of carbonyl (C=O) groups excluding carboxylic acids is 2. The van der Waals surface area contributed by atoms with Gasteiger partial charge in [-0.25, -0.2) is 4.79 Å². The summed E-state index contributed by atoms with van der Waals surface area (Å²) in [7, 11) is 1.38. The van der Waals surface area contributed by atoms with Gasteiger partial charge >= 0.3 is 5.97 Å². The summed E-state index contributed by atoms with van der Waals surface area (Å²) in [4.78, 5) is 28.0. The molecule has 0 radical (unpaired) electrons. The van der Waals surface area contributed by atoms with Gasteiger partial charge in [0.15, 0.2) is 0 Å². The van der Waals surface area contributed by atoms with Crippen molar-refractivity contribution < 1.29 is 14.3 Å². The Kier molecular flexibility index (Phi) is 4.05. The fourth-order valence-corrected chi connectivity index (χ4v) is 3.01. The number of esters is 1. The van der Waals surface area contributed by atoms with Crippen molar-refractivity contribution in [1.82, 2.24) is 4.90 Å². The molecule has 2 fully saturated rings. The molecule has 1 heterocycles. The first-order valence-corrected chi connectivity index (χ1v) is 7.84. The molecule has 22 heavy (non-hydrogen) atoms. The van der Waals surface area contributed by atoms with Crippen LogP contribution >= 0.6 is 0 Å². The van der Waals surface area contributed by atoms with E-state index < -0.39 is 0 Å². The first kappa shape index (κ1) is 14.9. The van der Waals surface area contributed by atoms with E-state index in [2.05, 4.69) is 11.8 Å². The minimum Gasteiger partial charge on any atom is -0.465 e. The fraction of sp³-hybridized carbons (Fsp3) is 0.529. The molecule has 1 aliphatic heterocycles. The van der Waals surface area contributed by atoms with E-state index in [1.807, 2.05) is 17.0 Å². The van der Waals surface area contributed by atoms with Crippen LogP contribution in [0.2, 0.25) is 0 Å². The van der Waals surface area contributed by atoms with E-state index in [1.165, 1.54) is 7.11 Å². The summed E-state index contributed by atoms with van der Waals surface area (Å²) in [6.45, 7) is 4.54. The number of hydrogen-bond donors (Lipinski definition) is 0. The Morgan fingerprint density at radius 2 is 1.82 bits per heavy atom. The number of nitrogens with zero attached hydrogens (tertiary/aromatic N) is 2. The molecular weight excluding hydrogens is 280 g/mol. The van der Waals surface area contributed by atoms with Crippen molar-refractivity contribution in [2.75, 3.05) is 31.6 Å². The zero-order chi connectivity index (χ0) is 15.7. The first-order valence-electron chi connectivity index (χ1n) is 7.84. The van der Waals surface area contributed by atoms with E-state index in [0.29, 0.717) is 11.5 Å². The molecule has 0 N–H and O–H groups in total. The highest BCUT2D eigenvalue weighted by atomic mass is 16.5. The standard InChI is InChI=1S/C17H22N2O3/c1-12-11-18(9-10-19(12)16(20)13-3-4-13)15-7-5-14(6-8-15)17(21)22-2/h5-8,12-13H,3-4,9-11H2,1-2H3/t12-/m1/s1. The van der Waals surface area contributed by atoms with Crippen LogP contribution in [0.25, 0.3) is 0 Å². The SMILES string of the molecule is COC(=O)c1ccc(N2CCN(C(=O)C3CC3)[C@H](C)C2)cc1. The number of rotatable bonds is 3. The second-order valence-corrected chi connectivity index (χ2v) is 6.14. The topological polar surface area (TPSA) is 49.9 Å². The van der Waals surface area contributed by atoms with Gasteiger partial charge in [-0.1, -0.05) is 0 Å². The predicted octanol–water partition coefficient (Wildman–Crippen LogP) is 1.92. The molecule has 3 rings (SSSR count). The van der Waals surface area contributed by atoms with Crippen LogP contribution < -0.4 is 4.90 Å². The molecular formula is C17H22N2O3. The summed E-state index contributed by atoms with van der Waals surface area (Å²) >= 11 is 0. The summed E-state index contributed by atoms with van der Waals surface area (Å²) in [5.74, 6) is 0.293. The van der Waals surface area contributed by atoms with Gasteiger partial charge in [-0.15, -0.1) is 0 Å². The van der Waals surface area contributed by atoms with Crippen LogP contribution in [0.15, 0.2) is 24.3 Å². The molecule has 1 aromatic rings. The molecule has 118 valence electrons. The lowest BCUT2D eigenvalue weighted by atomic mass is 10.1. The Hall–Kier alpha value is -2.04. The van der Waals surface area contributed by atoms with Crippen molar-refractivity contribution >= 4 is 17.6 Å². The van der Waals surface area contributed by atoms with Gasteiger partial charge in [0, 0.05) is 37.3 Å². The second-order valence-electron chi connectivity index (χ2n) is 6.14. The van der Waals surface area contributed by atoms with Crippen LogP contribution in [0.1, 0.15) is 30.1 Å². The summed E-state index contributed by atoms with van der Waals surface area (Å²) in [5, 5.41) is 0. The third-order valence-corrected chi connectivity index (χ3v) is 4.49. The fourth-order valence-electron chi connectivity index (χ4n) is 3.01. The quantitative estimate of drug-likeness (QED) is 0.801. The van der Waals surface area contributed by atoms with Crippen LogP contribution in [0, 0.1) is 5.92 Å². The number of carbonyl (C=O) groups is 2. The summed E-state index contributed by atoms with van der Waals surface area (Å²) in [6, 6.07) is 7.68. The number of piperazine rings is 1. The molecule has 1 amide bonds.